The Hall–Kier alpha value is -2.94. The van der Waals surface area contributed by atoms with Crippen molar-refractivity contribution < 1.29 is 14.5 Å². The number of nitro groups is 1. The number of aromatic amines is 1. The van der Waals surface area contributed by atoms with Gasteiger partial charge in [-0.2, -0.15) is 0 Å². The Kier molecular flexibility index (Phi) is 5.25. The van der Waals surface area contributed by atoms with Gasteiger partial charge in [0.25, 0.3) is 11.6 Å². The van der Waals surface area contributed by atoms with Crippen molar-refractivity contribution in [2.45, 2.75) is 18.8 Å². The van der Waals surface area contributed by atoms with E-state index in [0.717, 1.165) is 25.2 Å². The lowest BCUT2D eigenvalue weighted by molar-refractivity contribution is -0.384. The van der Waals surface area contributed by atoms with Gasteiger partial charge in [0.2, 0.25) is 0 Å². The minimum atomic E-state index is -0.401. The van der Waals surface area contributed by atoms with Crippen LogP contribution in [0.5, 0.6) is 0 Å². The molecule has 2 aliphatic heterocycles. The molecule has 0 radical (unpaired) electrons. The molecule has 28 heavy (non-hydrogen) atoms. The number of hydrogen-bond acceptors (Lipinski definition) is 6. The Labute approximate surface area is 162 Å². The molecular weight excluding hydrogens is 362 g/mol. The van der Waals surface area contributed by atoms with E-state index in [-0.39, 0.29) is 17.5 Å². The summed E-state index contributed by atoms with van der Waals surface area (Å²) in [5.74, 6) is 0.925. The molecule has 2 aromatic rings. The van der Waals surface area contributed by atoms with Crippen LogP contribution >= 0.6 is 0 Å². The molecule has 0 spiro atoms. The molecule has 1 aromatic carbocycles. The van der Waals surface area contributed by atoms with Gasteiger partial charge in [-0.1, -0.05) is 0 Å². The Morgan fingerprint density at radius 1 is 1.29 bits per heavy atom. The number of rotatable bonds is 4. The fourth-order valence-electron chi connectivity index (χ4n) is 3.94. The lowest BCUT2D eigenvalue weighted by atomic mass is 9.96. The first-order chi connectivity index (χ1) is 13.6. The number of H-pyrrole nitrogens is 1. The van der Waals surface area contributed by atoms with E-state index in [1.807, 2.05) is 4.90 Å². The summed E-state index contributed by atoms with van der Waals surface area (Å²) in [6, 6.07) is 4.80. The molecule has 1 N–H and O–H groups in total. The average molecular weight is 385 g/mol. The molecule has 3 heterocycles. The van der Waals surface area contributed by atoms with E-state index in [2.05, 4.69) is 9.97 Å². The zero-order valence-corrected chi connectivity index (χ0v) is 15.5. The van der Waals surface area contributed by atoms with Crippen LogP contribution in [0.15, 0.2) is 30.6 Å². The molecule has 1 atom stereocenters. The summed E-state index contributed by atoms with van der Waals surface area (Å²) >= 11 is 0. The lowest BCUT2D eigenvalue weighted by Gasteiger charge is -2.33. The molecule has 0 saturated carbocycles. The molecule has 1 unspecified atom stereocenters. The van der Waals surface area contributed by atoms with Crippen LogP contribution in [0, 0.1) is 10.1 Å². The van der Waals surface area contributed by atoms with Crippen LogP contribution in [0.2, 0.25) is 0 Å². The number of carbonyl (C=O) groups is 1. The Morgan fingerprint density at radius 3 is 2.82 bits per heavy atom. The van der Waals surface area contributed by atoms with E-state index >= 15 is 0 Å². The van der Waals surface area contributed by atoms with Gasteiger partial charge in [-0.05, 0) is 25.0 Å². The van der Waals surface area contributed by atoms with Gasteiger partial charge in [-0.25, -0.2) is 4.98 Å². The minimum Gasteiger partial charge on any atom is -0.378 e. The van der Waals surface area contributed by atoms with Gasteiger partial charge in [0.1, 0.15) is 11.5 Å². The van der Waals surface area contributed by atoms with Gasteiger partial charge in [-0.15, -0.1) is 0 Å². The second kappa shape index (κ2) is 7.97. The zero-order chi connectivity index (χ0) is 19.5. The number of nitrogens with one attached hydrogen (secondary N) is 1. The first kappa shape index (κ1) is 18.4. The fourth-order valence-corrected chi connectivity index (χ4v) is 3.94. The third-order valence-electron chi connectivity index (χ3n) is 5.39. The van der Waals surface area contributed by atoms with Crippen LogP contribution in [0.4, 0.5) is 11.4 Å². The first-order valence-corrected chi connectivity index (χ1v) is 9.53. The predicted molar refractivity (Wildman–Crippen MR) is 103 cm³/mol. The van der Waals surface area contributed by atoms with E-state index < -0.39 is 4.92 Å². The number of aromatic nitrogens is 2. The molecule has 2 aliphatic rings. The molecule has 9 heteroatoms. The third kappa shape index (κ3) is 3.70. The number of amides is 1. The molecule has 1 aromatic heterocycles. The van der Waals surface area contributed by atoms with Crippen LogP contribution in [0.25, 0.3) is 0 Å². The van der Waals surface area contributed by atoms with Crippen molar-refractivity contribution in [2.24, 2.45) is 0 Å². The predicted octanol–water partition coefficient (Wildman–Crippen LogP) is 2.17. The highest BCUT2D eigenvalue weighted by atomic mass is 16.6. The van der Waals surface area contributed by atoms with Crippen LogP contribution in [0.1, 0.15) is 34.9 Å². The number of anilines is 1. The van der Waals surface area contributed by atoms with Gasteiger partial charge in [0.05, 0.1) is 18.1 Å². The van der Waals surface area contributed by atoms with Gasteiger partial charge in [-0.3, -0.25) is 14.9 Å². The molecular formula is C19H23N5O4. The molecule has 148 valence electrons. The number of piperidine rings is 1. The van der Waals surface area contributed by atoms with Gasteiger partial charge in [0.15, 0.2) is 0 Å². The van der Waals surface area contributed by atoms with Crippen LogP contribution < -0.4 is 4.90 Å². The maximum atomic E-state index is 12.7. The SMILES string of the molecule is O=C(c1ccc(N2CCCC(c3ncc[nH]3)C2)c([N+](=O)[O-])c1)N1CCOCC1. The summed E-state index contributed by atoms with van der Waals surface area (Å²) in [5.41, 5.74) is 0.871. The summed E-state index contributed by atoms with van der Waals surface area (Å²) in [6.07, 6.45) is 5.44. The van der Waals surface area contributed by atoms with E-state index in [9.17, 15) is 14.9 Å². The second-order valence-corrected chi connectivity index (χ2v) is 7.12. The number of imidazole rings is 1. The number of ether oxygens (including phenoxy) is 1. The highest BCUT2D eigenvalue weighted by Crippen LogP contribution is 2.34. The Balaban J connectivity index is 1.58. The summed E-state index contributed by atoms with van der Waals surface area (Å²) in [5, 5.41) is 11.7. The summed E-state index contributed by atoms with van der Waals surface area (Å²) < 4.78 is 5.27. The van der Waals surface area contributed by atoms with Gasteiger partial charge in [0, 0.05) is 56.1 Å². The molecule has 0 bridgehead atoms. The van der Waals surface area contributed by atoms with Crippen molar-refractivity contribution in [3.63, 3.8) is 0 Å². The zero-order valence-electron chi connectivity index (χ0n) is 15.5. The topological polar surface area (TPSA) is 105 Å². The Morgan fingerprint density at radius 2 is 2.11 bits per heavy atom. The quantitative estimate of drug-likeness (QED) is 0.639. The smallest absolute Gasteiger partial charge is 0.293 e. The lowest BCUT2D eigenvalue weighted by Crippen LogP contribution is -2.40. The van der Waals surface area contributed by atoms with Gasteiger partial charge < -0.3 is 19.5 Å². The number of morpholine rings is 1. The number of carbonyl (C=O) groups excluding carboxylic acids is 1. The molecule has 4 rings (SSSR count). The van der Waals surface area contributed by atoms with Crippen molar-refractivity contribution in [1.82, 2.24) is 14.9 Å². The summed E-state index contributed by atoms with van der Waals surface area (Å²) in [4.78, 5) is 35.2. The van der Waals surface area contributed by atoms with E-state index in [0.29, 0.717) is 44.1 Å². The van der Waals surface area contributed by atoms with Crippen molar-refractivity contribution in [1.29, 1.82) is 0 Å². The maximum Gasteiger partial charge on any atom is 0.293 e. The maximum absolute atomic E-state index is 12.7. The van der Waals surface area contributed by atoms with E-state index in [4.69, 9.17) is 4.74 Å². The monoisotopic (exact) mass is 385 g/mol. The molecule has 9 nitrogen and oxygen atoms in total. The molecule has 1 amide bonds. The summed E-state index contributed by atoms with van der Waals surface area (Å²) in [7, 11) is 0. The number of nitrogens with zero attached hydrogens (tertiary/aromatic N) is 4. The van der Waals surface area contributed by atoms with Crippen molar-refractivity contribution in [2.75, 3.05) is 44.3 Å². The van der Waals surface area contributed by atoms with Crippen molar-refractivity contribution >= 4 is 17.3 Å². The highest BCUT2D eigenvalue weighted by molar-refractivity contribution is 5.96. The van der Waals surface area contributed by atoms with Crippen molar-refractivity contribution in [3.05, 3.63) is 52.1 Å². The van der Waals surface area contributed by atoms with Crippen LogP contribution in [0.3, 0.4) is 0 Å². The highest BCUT2D eigenvalue weighted by Gasteiger charge is 2.29. The van der Waals surface area contributed by atoms with Gasteiger partial charge >= 0.3 is 0 Å². The standard InChI is InChI=1S/C19H23N5O4/c25-19(22-8-10-28-11-9-22)14-3-4-16(17(12-14)24(26)27)23-7-1-2-15(13-23)18-20-5-6-21-18/h3-6,12,15H,1-2,7-11,13H2,(H,20,21). The van der Waals surface area contributed by atoms with Crippen LogP contribution in [-0.2, 0) is 4.74 Å². The number of nitro benzene ring substituents is 1. The molecule has 0 aliphatic carbocycles. The second-order valence-electron chi connectivity index (χ2n) is 7.12. The number of benzene rings is 1. The third-order valence-corrected chi connectivity index (χ3v) is 5.39. The average Bonchev–Trinajstić information content (AvgIpc) is 3.28. The normalized spacial score (nSPS) is 20.2. The van der Waals surface area contributed by atoms with Crippen LogP contribution in [-0.4, -0.2) is 65.1 Å². The fraction of sp³-hybridized carbons (Fsp3) is 0.474. The number of hydrogen-bond donors (Lipinski definition) is 1. The molecule has 2 saturated heterocycles. The van der Waals surface area contributed by atoms with E-state index in [1.165, 1.54) is 6.07 Å². The summed E-state index contributed by atoms with van der Waals surface area (Å²) in [6.45, 7) is 3.40. The van der Waals surface area contributed by atoms with Crippen molar-refractivity contribution in [3.8, 4) is 0 Å². The Bertz CT molecular complexity index is 848. The molecule has 2 fully saturated rings. The largest absolute Gasteiger partial charge is 0.378 e. The van der Waals surface area contributed by atoms with E-state index in [1.54, 1.807) is 29.4 Å². The minimum absolute atomic E-state index is 0.0285. The first-order valence-electron chi connectivity index (χ1n) is 9.53.